The molecule has 0 radical (unpaired) electrons. The largest absolute Gasteiger partial charge is 0.444 e. The molecule has 0 aliphatic carbocycles. The molecule has 1 N–H and O–H groups in total. The molecule has 6 rings (SSSR count). The van der Waals surface area contributed by atoms with E-state index >= 15 is 0 Å². The molecule has 2 saturated heterocycles. The number of pyridine rings is 1. The summed E-state index contributed by atoms with van der Waals surface area (Å²) in [5.41, 5.74) is 6.74. The van der Waals surface area contributed by atoms with Gasteiger partial charge in [0, 0.05) is 49.6 Å². The van der Waals surface area contributed by atoms with Gasteiger partial charge in [0.05, 0.1) is 31.8 Å². The fraction of sp³-hybridized carbons (Fsp3) is 0.516. The summed E-state index contributed by atoms with van der Waals surface area (Å²) in [7, 11) is 0. The quantitative estimate of drug-likeness (QED) is 0.509. The van der Waals surface area contributed by atoms with E-state index < -0.39 is 5.60 Å². The lowest BCUT2D eigenvalue weighted by molar-refractivity contribution is -0.136. The number of nitrogens with one attached hydrogen (secondary N) is 1. The topological polar surface area (TPSA) is 97.0 Å². The summed E-state index contributed by atoms with van der Waals surface area (Å²) in [6.07, 6.45) is 5.01. The number of rotatable bonds is 3. The molecular formula is C31H38N4O5. The van der Waals surface area contributed by atoms with Gasteiger partial charge in [0.25, 0.3) is 0 Å². The monoisotopic (exact) mass is 546 g/mol. The first kappa shape index (κ1) is 26.8. The van der Waals surface area contributed by atoms with Crippen LogP contribution in [0.3, 0.4) is 0 Å². The van der Waals surface area contributed by atoms with E-state index in [1.807, 2.05) is 38.1 Å². The van der Waals surface area contributed by atoms with Crippen molar-refractivity contribution in [1.82, 2.24) is 19.8 Å². The number of ether oxygens (including phenoxy) is 3. The van der Waals surface area contributed by atoms with Crippen molar-refractivity contribution in [2.45, 2.75) is 58.7 Å². The smallest absolute Gasteiger partial charge is 0.410 e. The van der Waals surface area contributed by atoms with Crippen LogP contribution in [0.2, 0.25) is 0 Å². The van der Waals surface area contributed by atoms with Gasteiger partial charge in [-0.05, 0) is 86.6 Å². The number of carbonyl (C=O) groups excluding carboxylic acids is 2. The van der Waals surface area contributed by atoms with Crippen LogP contribution in [0.15, 0.2) is 30.6 Å². The lowest BCUT2D eigenvalue weighted by Gasteiger charge is -2.39. The van der Waals surface area contributed by atoms with Gasteiger partial charge in [-0.25, -0.2) is 9.78 Å². The number of aryl methyl sites for hydroxylation is 1. The summed E-state index contributed by atoms with van der Waals surface area (Å²) in [6.45, 7) is 11.4. The number of H-pyrrole nitrogens is 1. The second-order valence-corrected chi connectivity index (χ2v) is 12.1. The van der Waals surface area contributed by atoms with Gasteiger partial charge in [0.1, 0.15) is 11.2 Å². The Balaban J connectivity index is 1.42. The van der Waals surface area contributed by atoms with Crippen LogP contribution in [-0.2, 0) is 32.0 Å². The number of amides is 2. The predicted molar refractivity (Wildman–Crippen MR) is 151 cm³/mol. The lowest BCUT2D eigenvalue weighted by Crippen LogP contribution is -2.46. The minimum atomic E-state index is -0.596. The second-order valence-electron chi connectivity index (χ2n) is 12.1. The van der Waals surface area contributed by atoms with Crippen molar-refractivity contribution in [3.63, 3.8) is 0 Å². The molecule has 212 valence electrons. The number of hydrogen-bond donors (Lipinski definition) is 1. The minimum absolute atomic E-state index is 0.0678. The zero-order chi connectivity index (χ0) is 28.0. The molecule has 3 aliphatic heterocycles. The molecule has 3 aromatic rings. The van der Waals surface area contributed by atoms with Crippen molar-refractivity contribution in [1.29, 1.82) is 0 Å². The molecule has 0 saturated carbocycles. The highest BCUT2D eigenvalue weighted by Gasteiger charge is 2.36. The summed E-state index contributed by atoms with van der Waals surface area (Å²) in [5.74, 6) is 0.0966. The molecule has 5 heterocycles. The average molecular weight is 547 g/mol. The predicted octanol–water partition coefficient (Wildman–Crippen LogP) is 4.77. The first-order valence-corrected chi connectivity index (χ1v) is 14.2. The summed E-state index contributed by atoms with van der Waals surface area (Å²) in [5, 5.41) is 1.08. The molecule has 9 nitrogen and oxygen atoms in total. The van der Waals surface area contributed by atoms with Crippen molar-refractivity contribution >= 4 is 23.0 Å². The number of morpholine rings is 1. The maximum absolute atomic E-state index is 13.3. The van der Waals surface area contributed by atoms with Gasteiger partial charge in [-0.1, -0.05) is 0 Å². The highest BCUT2D eigenvalue weighted by molar-refractivity contribution is 5.85. The molecule has 2 amide bonds. The number of nitrogens with zero attached hydrogens (tertiary/aromatic N) is 3. The Bertz CT molecular complexity index is 1440. The Kier molecular flexibility index (Phi) is 7.04. The fourth-order valence-corrected chi connectivity index (χ4v) is 6.07. The first-order valence-electron chi connectivity index (χ1n) is 14.2. The van der Waals surface area contributed by atoms with Crippen LogP contribution in [-0.4, -0.2) is 76.9 Å². The number of fused-ring (bicyclic) bond motifs is 2. The molecule has 40 heavy (non-hydrogen) atoms. The summed E-state index contributed by atoms with van der Waals surface area (Å²) in [6, 6.07) is 6.25. The Morgan fingerprint density at radius 2 is 1.90 bits per heavy atom. The van der Waals surface area contributed by atoms with Crippen molar-refractivity contribution in [2.75, 3.05) is 39.5 Å². The van der Waals surface area contributed by atoms with E-state index in [4.69, 9.17) is 14.2 Å². The Hall–Kier alpha value is -3.43. The summed E-state index contributed by atoms with van der Waals surface area (Å²) >= 11 is 0. The van der Waals surface area contributed by atoms with E-state index in [9.17, 15) is 9.59 Å². The molecule has 0 unspecified atom stereocenters. The van der Waals surface area contributed by atoms with Gasteiger partial charge >= 0.3 is 6.09 Å². The van der Waals surface area contributed by atoms with Crippen molar-refractivity contribution < 1.29 is 23.8 Å². The van der Waals surface area contributed by atoms with E-state index in [1.165, 1.54) is 5.56 Å². The second kappa shape index (κ2) is 10.5. The Labute approximate surface area is 234 Å². The van der Waals surface area contributed by atoms with Crippen molar-refractivity contribution in [2.24, 2.45) is 5.92 Å². The SMILES string of the molecule is Cc1c[nH]c2ncc(-c3cc4c(c([C@@H]5COCCN5C(=O)OC(C)(C)C)c3)CCN(C(=O)[C@H]3CCOC3)C4)cc12. The molecule has 2 fully saturated rings. The fourth-order valence-electron chi connectivity index (χ4n) is 6.07. The third-order valence-electron chi connectivity index (χ3n) is 8.15. The molecule has 9 heteroatoms. The zero-order valence-electron chi connectivity index (χ0n) is 23.8. The molecular weight excluding hydrogens is 508 g/mol. The molecule has 0 spiro atoms. The third kappa shape index (κ3) is 5.20. The van der Waals surface area contributed by atoms with E-state index in [0.29, 0.717) is 46.1 Å². The first-order chi connectivity index (χ1) is 19.2. The van der Waals surface area contributed by atoms with Gasteiger partial charge in [-0.2, -0.15) is 0 Å². The highest BCUT2D eigenvalue weighted by atomic mass is 16.6. The van der Waals surface area contributed by atoms with Crippen LogP contribution in [0.4, 0.5) is 4.79 Å². The molecule has 3 aliphatic rings. The lowest BCUT2D eigenvalue weighted by atomic mass is 9.86. The highest BCUT2D eigenvalue weighted by Crippen LogP contribution is 2.37. The average Bonchev–Trinajstić information content (AvgIpc) is 3.61. The van der Waals surface area contributed by atoms with Gasteiger partial charge in [-0.15, -0.1) is 0 Å². The van der Waals surface area contributed by atoms with Crippen LogP contribution in [0.1, 0.15) is 55.5 Å². The van der Waals surface area contributed by atoms with Crippen LogP contribution in [0, 0.1) is 12.8 Å². The van der Waals surface area contributed by atoms with Crippen LogP contribution >= 0.6 is 0 Å². The van der Waals surface area contributed by atoms with Crippen LogP contribution in [0.5, 0.6) is 0 Å². The molecule has 1 aromatic carbocycles. The Morgan fingerprint density at radius 3 is 2.67 bits per heavy atom. The number of carbonyl (C=O) groups is 2. The number of hydrogen-bond acceptors (Lipinski definition) is 6. The van der Waals surface area contributed by atoms with Gasteiger partial charge in [-0.3, -0.25) is 9.69 Å². The van der Waals surface area contributed by atoms with Crippen LogP contribution < -0.4 is 0 Å². The third-order valence-corrected chi connectivity index (χ3v) is 8.15. The standard InChI is InChI=1S/C31H38N4O5/c1-19-14-32-28-25(19)13-22(15-33-28)21-11-23-16-34(29(36)20-6-9-38-17-20)7-5-24(23)26(12-21)27-18-39-10-8-35(27)30(37)40-31(2,3)4/h11-15,20,27H,5-10,16-18H2,1-4H3,(H,32,33)/t20-,27-/m0/s1. The zero-order valence-corrected chi connectivity index (χ0v) is 23.8. The Morgan fingerprint density at radius 1 is 1.07 bits per heavy atom. The van der Waals surface area contributed by atoms with Crippen molar-refractivity contribution in [3.8, 4) is 11.1 Å². The van der Waals surface area contributed by atoms with Crippen LogP contribution in [0.25, 0.3) is 22.2 Å². The number of aromatic nitrogens is 2. The van der Waals surface area contributed by atoms with Gasteiger partial charge in [0.2, 0.25) is 5.91 Å². The maximum Gasteiger partial charge on any atom is 0.410 e. The number of aromatic amines is 1. The molecule has 2 aromatic heterocycles. The maximum atomic E-state index is 13.3. The summed E-state index contributed by atoms with van der Waals surface area (Å²) < 4.78 is 17.2. The van der Waals surface area contributed by atoms with E-state index in [0.717, 1.165) is 51.7 Å². The van der Waals surface area contributed by atoms with Crippen molar-refractivity contribution in [3.05, 3.63) is 52.8 Å². The number of benzene rings is 1. The van der Waals surface area contributed by atoms with Gasteiger partial charge in [0.15, 0.2) is 0 Å². The van der Waals surface area contributed by atoms with E-state index in [1.54, 1.807) is 4.90 Å². The van der Waals surface area contributed by atoms with E-state index in [-0.39, 0.29) is 24.0 Å². The molecule has 2 atom stereocenters. The summed E-state index contributed by atoms with van der Waals surface area (Å²) in [4.78, 5) is 38.3. The normalized spacial score (nSPS) is 21.5. The van der Waals surface area contributed by atoms with E-state index in [2.05, 4.69) is 35.1 Å². The molecule has 0 bridgehead atoms. The van der Waals surface area contributed by atoms with Gasteiger partial charge < -0.3 is 24.1 Å². The minimum Gasteiger partial charge on any atom is -0.444 e.